The molecule has 0 bridgehead atoms. The van der Waals surface area contributed by atoms with Crippen LogP contribution in [0.5, 0.6) is 11.5 Å². The molecule has 1 aromatic rings. The Kier molecular flexibility index (Phi) is 3.86. The lowest BCUT2D eigenvalue weighted by atomic mass is 9.98. The zero-order valence-electron chi connectivity index (χ0n) is 10.5. The zero-order valence-corrected chi connectivity index (χ0v) is 10.5. The first-order valence-electron chi connectivity index (χ1n) is 5.94. The lowest BCUT2D eigenvalue weighted by molar-refractivity contribution is 0.254. The lowest BCUT2D eigenvalue weighted by Gasteiger charge is -2.29. The minimum absolute atomic E-state index is 0.702. The average Bonchev–Trinajstić information content (AvgIpc) is 2.37. The van der Waals surface area contributed by atoms with Crippen LogP contribution in [0.2, 0.25) is 0 Å². The van der Waals surface area contributed by atoms with E-state index >= 15 is 0 Å². The maximum absolute atomic E-state index is 5.60. The van der Waals surface area contributed by atoms with E-state index in [1.807, 2.05) is 6.07 Å². The number of methoxy groups -OCH3 is 2. The largest absolute Gasteiger partial charge is 0.497 e. The smallest absolute Gasteiger partial charge is 0.127 e. The highest BCUT2D eigenvalue weighted by molar-refractivity contribution is 5.47. The summed E-state index contributed by atoms with van der Waals surface area (Å²) in [6.07, 6.45) is 1.03. The van der Waals surface area contributed by atoms with Crippen LogP contribution in [0.25, 0.3) is 0 Å². The van der Waals surface area contributed by atoms with Gasteiger partial charge in [-0.2, -0.15) is 0 Å². The number of rotatable bonds is 4. The predicted molar refractivity (Wildman–Crippen MR) is 67.6 cm³/mol. The highest BCUT2D eigenvalue weighted by Crippen LogP contribution is 2.32. The number of ether oxygens (including phenoxy) is 2. The van der Waals surface area contributed by atoms with Crippen LogP contribution in [0, 0.1) is 0 Å². The number of hydrogen-bond acceptors (Lipinski definition) is 4. The summed E-state index contributed by atoms with van der Waals surface area (Å²) in [4.78, 5) is 2.36. The predicted octanol–water partition coefficient (Wildman–Crippen LogP) is 1.02. The van der Waals surface area contributed by atoms with Crippen LogP contribution in [-0.4, -0.2) is 38.8 Å². The summed E-state index contributed by atoms with van der Waals surface area (Å²) >= 11 is 0. The van der Waals surface area contributed by atoms with Crippen molar-refractivity contribution in [3.05, 3.63) is 23.3 Å². The molecule has 4 nitrogen and oxygen atoms in total. The Hall–Kier alpha value is -1.26. The van der Waals surface area contributed by atoms with Crippen molar-refractivity contribution in [2.24, 2.45) is 5.73 Å². The van der Waals surface area contributed by atoms with E-state index in [1.165, 1.54) is 11.1 Å². The Morgan fingerprint density at radius 3 is 2.76 bits per heavy atom. The first-order chi connectivity index (χ1) is 8.28. The third-order valence-electron chi connectivity index (χ3n) is 3.25. The molecule has 1 aliphatic rings. The molecule has 0 radical (unpaired) electrons. The third-order valence-corrected chi connectivity index (χ3v) is 3.25. The molecule has 0 atom stereocenters. The Labute approximate surface area is 102 Å². The first kappa shape index (κ1) is 12.2. The van der Waals surface area contributed by atoms with Gasteiger partial charge in [0.05, 0.1) is 14.2 Å². The van der Waals surface area contributed by atoms with Crippen molar-refractivity contribution in [3.8, 4) is 11.5 Å². The molecule has 0 aromatic heterocycles. The van der Waals surface area contributed by atoms with Crippen LogP contribution in [0.3, 0.4) is 0 Å². The fourth-order valence-electron chi connectivity index (χ4n) is 2.33. The number of hydrogen-bond donors (Lipinski definition) is 1. The molecule has 0 fully saturated rings. The molecule has 0 spiro atoms. The number of nitrogens with zero attached hydrogens (tertiary/aromatic N) is 1. The second-order valence-corrected chi connectivity index (χ2v) is 4.28. The summed E-state index contributed by atoms with van der Waals surface area (Å²) in [6.45, 7) is 3.61. The minimum atomic E-state index is 0.702. The maximum Gasteiger partial charge on any atom is 0.127 e. The minimum Gasteiger partial charge on any atom is -0.497 e. The van der Waals surface area contributed by atoms with E-state index in [0.29, 0.717) is 6.54 Å². The summed E-state index contributed by atoms with van der Waals surface area (Å²) in [5, 5.41) is 0. The van der Waals surface area contributed by atoms with E-state index in [4.69, 9.17) is 15.2 Å². The van der Waals surface area contributed by atoms with Crippen LogP contribution in [0.15, 0.2) is 12.1 Å². The normalized spacial score (nSPS) is 15.5. The maximum atomic E-state index is 5.60. The molecule has 0 amide bonds. The van der Waals surface area contributed by atoms with E-state index in [1.54, 1.807) is 14.2 Å². The van der Waals surface area contributed by atoms with Gasteiger partial charge in [0.2, 0.25) is 0 Å². The Morgan fingerprint density at radius 2 is 2.12 bits per heavy atom. The molecule has 0 aliphatic carbocycles. The van der Waals surface area contributed by atoms with Gasteiger partial charge in [0.25, 0.3) is 0 Å². The summed E-state index contributed by atoms with van der Waals surface area (Å²) in [5.41, 5.74) is 8.20. The molecule has 17 heavy (non-hydrogen) atoms. The molecule has 1 aromatic carbocycles. The third kappa shape index (κ3) is 2.53. The van der Waals surface area contributed by atoms with Gasteiger partial charge in [-0.15, -0.1) is 0 Å². The van der Waals surface area contributed by atoms with Gasteiger partial charge in [-0.1, -0.05) is 0 Å². The highest BCUT2D eigenvalue weighted by atomic mass is 16.5. The summed E-state index contributed by atoms with van der Waals surface area (Å²) < 4.78 is 10.7. The Bertz CT molecular complexity index is 376. The molecule has 94 valence electrons. The molecule has 2 N–H and O–H groups in total. The van der Waals surface area contributed by atoms with Gasteiger partial charge >= 0.3 is 0 Å². The van der Waals surface area contributed by atoms with Crippen LogP contribution >= 0.6 is 0 Å². The van der Waals surface area contributed by atoms with Gasteiger partial charge in [0.1, 0.15) is 11.5 Å². The number of benzene rings is 1. The number of fused-ring (bicyclic) bond motifs is 1. The van der Waals surface area contributed by atoms with Crippen molar-refractivity contribution in [1.82, 2.24) is 4.90 Å². The molecule has 1 heterocycles. The Morgan fingerprint density at radius 1 is 1.29 bits per heavy atom. The van der Waals surface area contributed by atoms with Crippen LogP contribution < -0.4 is 15.2 Å². The van der Waals surface area contributed by atoms with E-state index in [9.17, 15) is 0 Å². The second kappa shape index (κ2) is 5.38. The van der Waals surface area contributed by atoms with Crippen LogP contribution in [-0.2, 0) is 13.0 Å². The molecule has 4 heteroatoms. The van der Waals surface area contributed by atoms with Crippen molar-refractivity contribution in [1.29, 1.82) is 0 Å². The van der Waals surface area contributed by atoms with Gasteiger partial charge in [-0.05, 0) is 18.1 Å². The molecule has 2 rings (SSSR count). The van der Waals surface area contributed by atoms with Crippen molar-refractivity contribution in [2.75, 3.05) is 33.9 Å². The molecule has 0 saturated heterocycles. The van der Waals surface area contributed by atoms with Gasteiger partial charge in [0.15, 0.2) is 0 Å². The van der Waals surface area contributed by atoms with Crippen LogP contribution in [0.1, 0.15) is 11.1 Å². The summed E-state index contributed by atoms with van der Waals surface area (Å²) in [5.74, 6) is 1.79. The average molecular weight is 236 g/mol. The molecule has 0 saturated carbocycles. The Balaban J connectivity index is 2.29. The second-order valence-electron chi connectivity index (χ2n) is 4.28. The lowest BCUT2D eigenvalue weighted by Crippen LogP contribution is -2.34. The molecule has 0 unspecified atom stereocenters. The monoisotopic (exact) mass is 236 g/mol. The van der Waals surface area contributed by atoms with E-state index in [0.717, 1.165) is 37.6 Å². The van der Waals surface area contributed by atoms with Crippen molar-refractivity contribution in [2.45, 2.75) is 13.0 Å². The van der Waals surface area contributed by atoms with Crippen molar-refractivity contribution >= 4 is 0 Å². The fourth-order valence-corrected chi connectivity index (χ4v) is 2.33. The van der Waals surface area contributed by atoms with Crippen molar-refractivity contribution < 1.29 is 9.47 Å². The zero-order chi connectivity index (χ0) is 12.3. The van der Waals surface area contributed by atoms with Crippen LogP contribution in [0.4, 0.5) is 0 Å². The summed E-state index contributed by atoms with van der Waals surface area (Å²) in [6, 6.07) is 4.06. The fraction of sp³-hybridized carbons (Fsp3) is 0.538. The quantitative estimate of drug-likeness (QED) is 0.848. The van der Waals surface area contributed by atoms with Gasteiger partial charge < -0.3 is 15.2 Å². The highest BCUT2D eigenvalue weighted by Gasteiger charge is 2.20. The molecular weight excluding hydrogens is 216 g/mol. The van der Waals surface area contributed by atoms with Gasteiger partial charge in [-0.3, -0.25) is 4.90 Å². The van der Waals surface area contributed by atoms with E-state index < -0.39 is 0 Å². The standard InChI is InChI=1S/C13H20N2O2/c1-16-11-7-10-3-5-15(6-4-14)9-12(10)13(8-11)17-2/h7-8H,3-6,9,14H2,1-2H3. The topological polar surface area (TPSA) is 47.7 Å². The number of nitrogens with two attached hydrogens (primary N) is 1. The van der Waals surface area contributed by atoms with Gasteiger partial charge in [-0.25, -0.2) is 0 Å². The summed E-state index contributed by atoms with van der Waals surface area (Å²) in [7, 11) is 3.39. The SMILES string of the molecule is COc1cc2c(c(OC)c1)CN(CCN)CC2. The molecule has 1 aliphatic heterocycles. The molecular formula is C13H20N2O2. The van der Waals surface area contributed by atoms with Gasteiger partial charge in [0, 0.05) is 37.8 Å². The van der Waals surface area contributed by atoms with E-state index in [2.05, 4.69) is 11.0 Å². The van der Waals surface area contributed by atoms with Crippen molar-refractivity contribution in [3.63, 3.8) is 0 Å². The van der Waals surface area contributed by atoms with E-state index in [-0.39, 0.29) is 0 Å². The first-order valence-corrected chi connectivity index (χ1v) is 5.94.